The molecule has 5 N–H and O–H groups in total. The van der Waals surface area contributed by atoms with E-state index in [4.69, 9.17) is 14.2 Å². The van der Waals surface area contributed by atoms with Crippen LogP contribution < -0.4 is 11.2 Å². The number of nitrogens with one attached hydrogen (secondary N) is 1. The highest BCUT2D eigenvalue weighted by Gasteiger charge is 2.62. The molecule has 0 radical (unpaired) electrons. The van der Waals surface area contributed by atoms with E-state index in [0.717, 1.165) is 0 Å². The van der Waals surface area contributed by atoms with Crippen molar-refractivity contribution in [2.24, 2.45) is 0 Å². The first-order valence-corrected chi connectivity index (χ1v) is 10.1. The zero-order valence-electron chi connectivity index (χ0n) is 17.1. The number of nitrogens with zero attached hydrogens (tertiary/aromatic N) is 3. The molecule has 1 aromatic rings. The first kappa shape index (κ1) is 22.5. The van der Waals surface area contributed by atoms with Gasteiger partial charge in [-0.2, -0.15) is 0 Å². The molecule has 31 heavy (non-hydrogen) atoms. The van der Waals surface area contributed by atoms with Crippen LogP contribution in [0, 0.1) is 6.92 Å². The smallest absolute Gasteiger partial charge is 0.330 e. The Hall–Kier alpha value is -1.68. The Kier molecular flexibility index (Phi) is 6.31. The fraction of sp³-hybridized carbons (Fsp3) is 0.778. The van der Waals surface area contributed by atoms with Gasteiger partial charge in [0.15, 0.2) is 24.5 Å². The van der Waals surface area contributed by atoms with Crippen LogP contribution in [0.1, 0.15) is 11.8 Å². The van der Waals surface area contributed by atoms with E-state index < -0.39 is 54.5 Å². The molecule has 6 atom stereocenters. The molecule has 0 aromatic carbocycles. The van der Waals surface area contributed by atoms with Gasteiger partial charge in [-0.05, 0) is 6.92 Å². The van der Waals surface area contributed by atoms with Crippen molar-refractivity contribution < 1.29 is 34.6 Å². The Bertz CT molecular complexity index is 907. The van der Waals surface area contributed by atoms with Gasteiger partial charge < -0.3 is 34.6 Å². The SMILES string of the molecule is Cc1cn([C@@H]2O[C@H](CO)[C@](O)(N3CCOC(O)C3)C2N2CCOC(O)C2)c(=O)[nH]c1=O. The molecule has 3 fully saturated rings. The number of aryl methyl sites for hydroxylation is 1. The molecule has 3 aliphatic rings. The Morgan fingerprint density at radius 2 is 1.84 bits per heavy atom. The first-order valence-electron chi connectivity index (χ1n) is 10.1. The number of aliphatic hydroxyl groups excluding tert-OH is 3. The number of hydrogen-bond acceptors (Lipinski definition) is 11. The van der Waals surface area contributed by atoms with Gasteiger partial charge in [0.25, 0.3) is 5.56 Å². The Balaban J connectivity index is 1.82. The van der Waals surface area contributed by atoms with Gasteiger partial charge in [0.05, 0.1) is 32.9 Å². The van der Waals surface area contributed by atoms with Crippen molar-refractivity contribution in [2.75, 3.05) is 46.0 Å². The first-order chi connectivity index (χ1) is 14.8. The maximum Gasteiger partial charge on any atom is 0.330 e. The fourth-order valence-corrected chi connectivity index (χ4v) is 4.61. The van der Waals surface area contributed by atoms with Gasteiger partial charge in [-0.25, -0.2) is 4.79 Å². The average Bonchev–Trinajstić information content (AvgIpc) is 3.04. The summed E-state index contributed by atoms with van der Waals surface area (Å²) in [5.74, 6) is 0. The van der Waals surface area contributed by atoms with Crippen LogP contribution in [0.25, 0.3) is 0 Å². The molecule has 3 saturated heterocycles. The monoisotopic (exact) mass is 444 g/mol. The Morgan fingerprint density at radius 3 is 2.48 bits per heavy atom. The summed E-state index contributed by atoms with van der Waals surface area (Å²) in [5, 5.41) is 42.1. The number of aliphatic hydroxyl groups is 4. The van der Waals surface area contributed by atoms with Gasteiger partial charge in [-0.1, -0.05) is 0 Å². The van der Waals surface area contributed by atoms with Gasteiger partial charge in [0.1, 0.15) is 12.1 Å². The van der Waals surface area contributed by atoms with Crippen molar-refractivity contribution in [3.8, 4) is 0 Å². The quantitative estimate of drug-likeness (QED) is 0.307. The van der Waals surface area contributed by atoms with Gasteiger partial charge in [-0.3, -0.25) is 24.1 Å². The van der Waals surface area contributed by atoms with Crippen molar-refractivity contribution in [3.63, 3.8) is 0 Å². The highest BCUT2D eigenvalue weighted by Crippen LogP contribution is 2.43. The van der Waals surface area contributed by atoms with Crippen molar-refractivity contribution in [1.82, 2.24) is 19.4 Å². The standard InChI is InChI=1S/C18H28N4O9/c1-10-6-22(17(27)19-15(10)26)16-14(20-2-4-29-12(24)7-20)18(28,11(9-23)31-16)21-3-5-30-13(25)8-21/h6,11-14,16,23-25,28H,2-5,7-9H2,1H3,(H,19,26,27)/t11-,12?,13?,14?,16-,18-/m1/s1. The predicted molar refractivity (Wildman–Crippen MR) is 103 cm³/mol. The summed E-state index contributed by atoms with van der Waals surface area (Å²) in [6.45, 7) is 1.81. The normalized spacial score (nSPS) is 37.9. The summed E-state index contributed by atoms with van der Waals surface area (Å²) in [4.78, 5) is 30.0. The lowest BCUT2D eigenvalue weighted by Gasteiger charge is -2.49. The molecule has 0 saturated carbocycles. The molecule has 3 unspecified atom stereocenters. The minimum atomic E-state index is -1.84. The zero-order chi connectivity index (χ0) is 22.3. The van der Waals surface area contributed by atoms with Gasteiger partial charge in [-0.15, -0.1) is 0 Å². The van der Waals surface area contributed by atoms with Crippen LogP contribution in [0.5, 0.6) is 0 Å². The number of H-pyrrole nitrogens is 1. The molecule has 0 amide bonds. The molecule has 174 valence electrons. The molecule has 0 spiro atoms. The molecule has 4 heterocycles. The second kappa shape index (κ2) is 8.69. The summed E-state index contributed by atoms with van der Waals surface area (Å²) >= 11 is 0. The average molecular weight is 444 g/mol. The molecule has 1 aromatic heterocycles. The minimum Gasteiger partial charge on any atom is -0.393 e. The number of hydrogen-bond donors (Lipinski definition) is 5. The third-order valence-corrected chi connectivity index (χ3v) is 6.10. The highest BCUT2D eigenvalue weighted by molar-refractivity contribution is 5.10. The lowest BCUT2D eigenvalue weighted by molar-refractivity contribution is -0.245. The van der Waals surface area contributed by atoms with Gasteiger partial charge in [0.2, 0.25) is 0 Å². The molecular weight excluding hydrogens is 416 g/mol. The lowest BCUT2D eigenvalue weighted by atomic mass is 9.94. The topological polar surface area (TPSA) is 170 Å². The Morgan fingerprint density at radius 1 is 1.16 bits per heavy atom. The van der Waals surface area contributed by atoms with E-state index in [2.05, 4.69) is 4.98 Å². The minimum absolute atomic E-state index is 0.0228. The number of rotatable bonds is 4. The van der Waals surface area contributed by atoms with E-state index in [9.17, 15) is 30.0 Å². The maximum atomic E-state index is 12.6. The summed E-state index contributed by atoms with van der Waals surface area (Å²) in [6, 6.07) is -0.948. The maximum absolute atomic E-state index is 12.6. The van der Waals surface area contributed by atoms with Gasteiger partial charge in [0, 0.05) is 24.8 Å². The molecular formula is C18H28N4O9. The number of morpholine rings is 2. The number of aromatic nitrogens is 2. The van der Waals surface area contributed by atoms with Crippen LogP contribution in [-0.4, -0.2) is 116 Å². The number of aromatic amines is 1. The van der Waals surface area contributed by atoms with Crippen molar-refractivity contribution in [3.05, 3.63) is 32.6 Å². The summed E-state index contributed by atoms with van der Waals surface area (Å²) in [6.07, 6.45) is -3.17. The molecule has 0 bridgehead atoms. The van der Waals surface area contributed by atoms with Crippen LogP contribution in [0.2, 0.25) is 0 Å². The number of β-amino-alcohol motifs (C(OH)–C–C–N with tert-alkyl or cyclic N) is 2. The van der Waals surface area contributed by atoms with Crippen LogP contribution in [0.4, 0.5) is 0 Å². The second-order valence-electron chi connectivity index (χ2n) is 8.00. The van der Waals surface area contributed by atoms with E-state index in [1.165, 1.54) is 17.7 Å². The fourth-order valence-electron chi connectivity index (χ4n) is 4.61. The Labute approximate surface area is 177 Å². The number of ether oxygens (including phenoxy) is 3. The predicted octanol–water partition coefficient (Wildman–Crippen LogP) is -3.91. The summed E-state index contributed by atoms with van der Waals surface area (Å²) in [5.41, 5.74) is -2.85. The largest absolute Gasteiger partial charge is 0.393 e. The van der Waals surface area contributed by atoms with Gasteiger partial charge >= 0.3 is 5.69 Å². The molecule has 4 rings (SSSR count). The van der Waals surface area contributed by atoms with Crippen molar-refractivity contribution in [2.45, 2.75) is 43.6 Å². The van der Waals surface area contributed by atoms with E-state index in [0.29, 0.717) is 6.54 Å². The second-order valence-corrected chi connectivity index (χ2v) is 8.00. The van der Waals surface area contributed by atoms with E-state index in [1.807, 2.05) is 0 Å². The van der Waals surface area contributed by atoms with E-state index in [-0.39, 0.29) is 38.4 Å². The zero-order valence-corrected chi connectivity index (χ0v) is 17.1. The van der Waals surface area contributed by atoms with Crippen LogP contribution in [0.3, 0.4) is 0 Å². The third kappa shape index (κ3) is 3.97. The molecule has 0 aliphatic carbocycles. The summed E-state index contributed by atoms with van der Waals surface area (Å²) < 4.78 is 17.5. The molecule has 3 aliphatic heterocycles. The van der Waals surface area contributed by atoms with Crippen molar-refractivity contribution >= 4 is 0 Å². The van der Waals surface area contributed by atoms with Crippen LogP contribution in [-0.2, 0) is 14.2 Å². The van der Waals surface area contributed by atoms with Crippen LogP contribution >= 0.6 is 0 Å². The summed E-state index contributed by atoms with van der Waals surface area (Å²) in [7, 11) is 0. The van der Waals surface area contributed by atoms with Crippen molar-refractivity contribution in [1.29, 1.82) is 0 Å². The van der Waals surface area contributed by atoms with E-state index >= 15 is 0 Å². The lowest BCUT2D eigenvalue weighted by Crippen LogP contribution is -2.70. The highest BCUT2D eigenvalue weighted by atomic mass is 16.6. The molecule has 13 heteroatoms. The van der Waals surface area contributed by atoms with Crippen LogP contribution in [0.15, 0.2) is 15.8 Å². The van der Waals surface area contributed by atoms with E-state index in [1.54, 1.807) is 9.80 Å². The molecule has 13 nitrogen and oxygen atoms in total. The third-order valence-electron chi connectivity index (χ3n) is 6.10.